The average molecular weight is 247 g/mol. The Morgan fingerprint density at radius 2 is 2.28 bits per heavy atom. The summed E-state index contributed by atoms with van der Waals surface area (Å²) in [5, 5.41) is 3.28. The molecule has 0 amide bonds. The molecule has 3 heteroatoms. The van der Waals surface area contributed by atoms with Gasteiger partial charge in [-0.1, -0.05) is 6.07 Å². The van der Waals surface area contributed by atoms with Crippen molar-refractivity contribution < 1.29 is 9.47 Å². The zero-order valence-corrected chi connectivity index (χ0v) is 10.9. The fourth-order valence-corrected chi connectivity index (χ4v) is 3.07. The fourth-order valence-electron chi connectivity index (χ4n) is 3.07. The van der Waals surface area contributed by atoms with E-state index in [2.05, 4.69) is 23.5 Å². The monoisotopic (exact) mass is 247 g/mol. The van der Waals surface area contributed by atoms with Crippen molar-refractivity contribution in [3.63, 3.8) is 0 Å². The minimum absolute atomic E-state index is 0.247. The Hall–Kier alpha value is -1.06. The first-order chi connectivity index (χ1) is 8.88. The maximum absolute atomic E-state index is 6.01. The molecule has 1 fully saturated rings. The van der Waals surface area contributed by atoms with Crippen LogP contribution in [0.5, 0.6) is 5.75 Å². The van der Waals surface area contributed by atoms with Gasteiger partial charge in [-0.15, -0.1) is 0 Å². The molecule has 1 aromatic carbocycles. The molecule has 0 saturated carbocycles. The summed E-state index contributed by atoms with van der Waals surface area (Å²) in [6.45, 7) is 2.74. The Balaban J connectivity index is 1.83. The Morgan fingerprint density at radius 3 is 3.17 bits per heavy atom. The van der Waals surface area contributed by atoms with E-state index >= 15 is 0 Å². The van der Waals surface area contributed by atoms with Gasteiger partial charge in [-0.25, -0.2) is 0 Å². The smallest absolute Gasteiger partial charge is 0.122 e. The van der Waals surface area contributed by atoms with Crippen LogP contribution in [-0.4, -0.2) is 26.8 Å². The zero-order valence-electron chi connectivity index (χ0n) is 10.9. The van der Waals surface area contributed by atoms with Gasteiger partial charge in [-0.05, 0) is 43.1 Å². The van der Waals surface area contributed by atoms with E-state index in [1.165, 1.54) is 24.0 Å². The summed E-state index contributed by atoms with van der Waals surface area (Å²) >= 11 is 0. The summed E-state index contributed by atoms with van der Waals surface area (Å²) in [5.74, 6) is 1.64. The van der Waals surface area contributed by atoms with E-state index in [0.29, 0.717) is 5.92 Å². The topological polar surface area (TPSA) is 30.5 Å². The van der Waals surface area contributed by atoms with Crippen molar-refractivity contribution in [2.75, 3.05) is 26.8 Å². The van der Waals surface area contributed by atoms with Crippen molar-refractivity contribution >= 4 is 0 Å². The van der Waals surface area contributed by atoms with Crippen LogP contribution in [0.25, 0.3) is 0 Å². The summed E-state index contributed by atoms with van der Waals surface area (Å²) < 4.78 is 11.6. The van der Waals surface area contributed by atoms with Crippen molar-refractivity contribution in [1.29, 1.82) is 0 Å². The molecule has 2 aliphatic heterocycles. The Morgan fingerprint density at radius 1 is 1.33 bits per heavy atom. The highest BCUT2D eigenvalue weighted by Gasteiger charge is 2.27. The third kappa shape index (κ3) is 2.25. The molecule has 3 nitrogen and oxygen atoms in total. The van der Waals surface area contributed by atoms with Crippen LogP contribution in [0.4, 0.5) is 0 Å². The lowest BCUT2D eigenvalue weighted by molar-refractivity contribution is -0.0272. The second kappa shape index (κ2) is 5.29. The van der Waals surface area contributed by atoms with Gasteiger partial charge in [-0.2, -0.15) is 0 Å². The van der Waals surface area contributed by atoms with E-state index < -0.39 is 0 Å². The van der Waals surface area contributed by atoms with Gasteiger partial charge >= 0.3 is 0 Å². The maximum Gasteiger partial charge on any atom is 0.122 e. The predicted molar refractivity (Wildman–Crippen MR) is 71.0 cm³/mol. The number of rotatable bonds is 3. The molecule has 0 aromatic heterocycles. The number of fused-ring (bicyclic) bond motifs is 1. The number of benzene rings is 1. The van der Waals surface area contributed by atoms with Gasteiger partial charge in [0.1, 0.15) is 5.75 Å². The van der Waals surface area contributed by atoms with Crippen LogP contribution in [-0.2, 0) is 11.2 Å². The molecule has 1 saturated heterocycles. The van der Waals surface area contributed by atoms with Crippen LogP contribution in [0.3, 0.4) is 0 Å². The van der Waals surface area contributed by atoms with Crippen molar-refractivity contribution in [1.82, 2.24) is 5.32 Å². The van der Waals surface area contributed by atoms with E-state index in [-0.39, 0.29) is 6.10 Å². The lowest BCUT2D eigenvalue weighted by Gasteiger charge is -2.32. The average Bonchev–Trinajstić information content (AvgIpc) is 2.87. The summed E-state index contributed by atoms with van der Waals surface area (Å²) in [7, 11) is 2.02. The van der Waals surface area contributed by atoms with E-state index in [4.69, 9.17) is 9.47 Å². The molecule has 0 spiro atoms. The van der Waals surface area contributed by atoms with Gasteiger partial charge in [0.05, 0.1) is 12.7 Å². The van der Waals surface area contributed by atoms with E-state index in [9.17, 15) is 0 Å². The molecule has 2 aliphatic rings. The van der Waals surface area contributed by atoms with Crippen LogP contribution in [0, 0.1) is 5.92 Å². The highest BCUT2D eigenvalue weighted by Crippen LogP contribution is 2.36. The molecule has 1 aromatic rings. The van der Waals surface area contributed by atoms with Gasteiger partial charge in [0, 0.05) is 25.5 Å². The maximum atomic E-state index is 6.01. The molecule has 2 atom stereocenters. The summed E-state index contributed by atoms with van der Waals surface area (Å²) in [6.07, 6.45) is 3.71. The molecule has 2 unspecified atom stereocenters. The first-order valence-corrected chi connectivity index (χ1v) is 6.90. The summed E-state index contributed by atoms with van der Waals surface area (Å²) in [4.78, 5) is 0. The van der Waals surface area contributed by atoms with E-state index in [0.717, 1.165) is 31.9 Å². The molecule has 0 aliphatic carbocycles. The second-order valence-electron chi connectivity index (χ2n) is 5.22. The summed E-state index contributed by atoms with van der Waals surface area (Å²) in [6, 6.07) is 6.55. The van der Waals surface area contributed by atoms with Gasteiger partial charge in [0.2, 0.25) is 0 Å². The van der Waals surface area contributed by atoms with Crippen molar-refractivity contribution in [2.24, 2.45) is 5.92 Å². The van der Waals surface area contributed by atoms with Crippen LogP contribution >= 0.6 is 0 Å². The van der Waals surface area contributed by atoms with Gasteiger partial charge in [0.15, 0.2) is 0 Å². The number of nitrogens with one attached hydrogen (secondary N) is 1. The molecular formula is C15H21NO2. The van der Waals surface area contributed by atoms with Crippen LogP contribution < -0.4 is 10.1 Å². The van der Waals surface area contributed by atoms with Gasteiger partial charge in [-0.3, -0.25) is 0 Å². The third-order valence-corrected chi connectivity index (χ3v) is 3.95. The molecule has 0 radical (unpaired) electrons. The normalized spacial score (nSPS) is 26.7. The highest BCUT2D eigenvalue weighted by atomic mass is 16.5. The Kier molecular flexibility index (Phi) is 3.52. The summed E-state index contributed by atoms with van der Waals surface area (Å²) in [5.41, 5.74) is 2.66. The van der Waals surface area contributed by atoms with Crippen LogP contribution in [0.15, 0.2) is 18.2 Å². The van der Waals surface area contributed by atoms with Gasteiger partial charge < -0.3 is 14.8 Å². The lowest BCUT2D eigenvalue weighted by Crippen LogP contribution is -2.30. The molecule has 98 valence electrons. The Bertz CT molecular complexity index is 417. The van der Waals surface area contributed by atoms with E-state index in [1.807, 2.05) is 7.05 Å². The molecular weight excluding hydrogens is 226 g/mol. The molecule has 18 heavy (non-hydrogen) atoms. The van der Waals surface area contributed by atoms with Gasteiger partial charge in [0.25, 0.3) is 0 Å². The minimum Gasteiger partial charge on any atom is -0.493 e. The minimum atomic E-state index is 0.247. The standard InChI is InChI=1S/C15H21NO2/c1-16-10-13-3-2-7-18-15(13)12-4-5-14-11(9-12)6-8-17-14/h4-5,9,13,15-16H,2-3,6-8,10H2,1H3. The largest absolute Gasteiger partial charge is 0.493 e. The van der Waals surface area contributed by atoms with Crippen molar-refractivity contribution in [3.05, 3.63) is 29.3 Å². The number of hydrogen-bond acceptors (Lipinski definition) is 3. The van der Waals surface area contributed by atoms with Crippen molar-refractivity contribution in [3.8, 4) is 5.75 Å². The first kappa shape index (κ1) is 12.0. The molecule has 3 rings (SSSR count). The SMILES string of the molecule is CNCC1CCCOC1c1ccc2c(c1)CCO2. The zero-order chi connectivity index (χ0) is 12.4. The Labute approximate surface area is 108 Å². The molecule has 1 N–H and O–H groups in total. The van der Waals surface area contributed by atoms with E-state index in [1.54, 1.807) is 0 Å². The first-order valence-electron chi connectivity index (χ1n) is 6.90. The quantitative estimate of drug-likeness (QED) is 0.889. The second-order valence-corrected chi connectivity index (χ2v) is 5.22. The van der Waals surface area contributed by atoms with Crippen LogP contribution in [0.2, 0.25) is 0 Å². The third-order valence-electron chi connectivity index (χ3n) is 3.95. The molecule has 2 heterocycles. The predicted octanol–water partition coefficient (Wildman–Crippen LogP) is 2.31. The lowest BCUT2D eigenvalue weighted by atomic mass is 9.88. The highest BCUT2D eigenvalue weighted by molar-refractivity contribution is 5.40. The molecule has 0 bridgehead atoms. The number of ether oxygens (including phenoxy) is 2. The fraction of sp³-hybridized carbons (Fsp3) is 0.600. The van der Waals surface area contributed by atoms with Crippen LogP contribution in [0.1, 0.15) is 30.1 Å². The number of hydrogen-bond donors (Lipinski definition) is 1. The van der Waals surface area contributed by atoms with Crippen molar-refractivity contribution in [2.45, 2.75) is 25.4 Å².